The summed E-state index contributed by atoms with van der Waals surface area (Å²) in [5, 5.41) is 0. The minimum Gasteiger partial charge on any atom is -0.207 e. The van der Waals surface area contributed by atoms with E-state index in [1.807, 2.05) is 40.7 Å². The van der Waals surface area contributed by atoms with Crippen molar-refractivity contribution in [3.63, 3.8) is 0 Å². The standard InChI is InChI=1S/C10H13F.C2H6/c1-4-9-5-7(2)8(3)10(11)6-9;1-2/h5-6H,4H2,1-3H3;1-2H3. The molecule has 1 aromatic rings. The Hall–Kier alpha value is -0.850. The van der Waals surface area contributed by atoms with Crippen LogP contribution in [0.1, 0.15) is 37.5 Å². The molecule has 0 unspecified atom stereocenters. The summed E-state index contributed by atoms with van der Waals surface area (Å²) in [5.74, 6) is -0.0816. The van der Waals surface area contributed by atoms with Crippen LogP contribution in [0.15, 0.2) is 12.1 Å². The minimum atomic E-state index is -0.0816. The molecule has 0 spiro atoms. The van der Waals surface area contributed by atoms with Gasteiger partial charge in [0.25, 0.3) is 0 Å². The lowest BCUT2D eigenvalue weighted by molar-refractivity contribution is 0.614. The molecule has 0 N–H and O–H groups in total. The third-order valence-corrected chi connectivity index (χ3v) is 2.07. The van der Waals surface area contributed by atoms with Crippen LogP contribution in [0, 0.1) is 19.7 Å². The summed E-state index contributed by atoms with van der Waals surface area (Å²) >= 11 is 0. The third-order valence-electron chi connectivity index (χ3n) is 2.07. The van der Waals surface area contributed by atoms with E-state index >= 15 is 0 Å². The van der Waals surface area contributed by atoms with Crippen LogP contribution in [0.5, 0.6) is 0 Å². The van der Waals surface area contributed by atoms with Gasteiger partial charge in [-0.25, -0.2) is 4.39 Å². The van der Waals surface area contributed by atoms with Crippen molar-refractivity contribution < 1.29 is 4.39 Å². The van der Waals surface area contributed by atoms with Crippen molar-refractivity contribution in [1.29, 1.82) is 0 Å². The molecule has 74 valence electrons. The van der Waals surface area contributed by atoms with Crippen LogP contribution in [-0.2, 0) is 6.42 Å². The van der Waals surface area contributed by atoms with Crippen molar-refractivity contribution >= 4 is 0 Å². The monoisotopic (exact) mass is 182 g/mol. The summed E-state index contributed by atoms with van der Waals surface area (Å²) in [6, 6.07) is 3.65. The van der Waals surface area contributed by atoms with Gasteiger partial charge in [0, 0.05) is 0 Å². The fraction of sp³-hybridized carbons (Fsp3) is 0.500. The molecule has 0 aliphatic heterocycles. The topological polar surface area (TPSA) is 0 Å². The summed E-state index contributed by atoms with van der Waals surface area (Å²) in [6.07, 6.45) is 0.901. The van der Waals surface area contributed by atoms with Crippen LogP contribution in [0.4, 0.5) is 4.39 Å². The molecule has 1 rings (SSSR count). The second-order valence-corrected chi connectivity index (χ2v) is 2.87. The van der Waals surface area contributed by atoms with E-state index in [9.17, 15) is 4.39 Å². The van der Waals surface area contributed by atoms with Crippen molar-refractivity contribution in [2.75, 3.05) is 0 Å². The van der Waals surface area contributed by atoms with E-state index in [-0.39, 0.29) is 5.82 Å². The summed E-state index contributed by atoms with van der Waals surface area (Å²) in [5.41, 5.74) is 2.88. The van der Waals surface area contributed by atoms with Gasteiger partial charge in [0.05, 0.1) is 0 Å². The molecule has 0 saturated heterocycles. The normalized spacial score (nSPS) is 9.08. The Morgan fingerprint density at radius 1 is 1.15 bits per heavy atom. The number of benzene rings is 1. The minimum absolute atomic E-state index is 0.0816. The quantitative estimate of drug-likeness (QED) is 0.615. The summed E-state index contributed by atoms with van der Waals surface area (Å²) in [4.78, 5) is 0. The zero-order valence-electron chi connectivity index (χ0n) is 9.24. The van der Waals surface area contributed by atoms with Gasteiger partial charge in [-0.05, 0) is 43.0 Å². The molecule has 0 saturated carbocycles. The Morgan fingerprint density at radius 2 is 1.69 bits per heavy atom. The largest absolute Gasteiger partial charge is 0.207 e. The Bertz CT molecular complexity index is 241. The molecule has 13 heavy (non-hydrogen) atoms. The Morgan fingerprint density at radius 3 is 2.08 bits per heavy atom. The first kappa shape index (κ1) is 12.2. The zero-order chi connectivity index (χ0) is 10.4. The lowest BCUT2D eigenvalue weighted by Gasteiger charge is -2.03. The first-order valence-electron chi connectivity index (χ1n) is 4.90. The van der Waals surface area contributed by atoms with Gasteiger partial charge >= 0.3 is 0 Å². The number of aryl methyl sites for hydroxylation is 2. The predicted molar refractivity (Wildman–Crippen MR) is 56.6 cm³/mol. The number of hydrogen-bond donors (Lipinski definition) is 0. The molecule has 0 heterocycles. The van der Waals surface area contributed by atoms with Gasteiger partial charge in [0.15, 0.2) is 0 Å². The Labute approximate surface area is 80.8 Å². The number of rotatable bonds is 1. The van der Waals surface area contributed by atoms with Crippen molar-refractivity contribution in [3.8, 4) is 0 Å². The van der Waals surface area contributed by atoms with Crippen LogP contribution in [-0.4, -0.2) is 0 Å². The van der Waals surface area contributed by atoms with Crippen LogP contribution in [0.25, 0.3) is 0 Å². The molecule has 1 heteroatoms. The fourth-order valence-corrected chi connectivity index (χ4v) is 1.09. The van der Waals surface area contributed by atoms with Crippen LogP contribution in [0.3, 0.4) is 0 Å². The van der Waals surface area contributed by atoms with Gasteiger partial charge < -0.3 is 0 Å². The average Bonchev–Trinajstić information content (AvgIpc) is 2.16. The van der Waals surface area contributed by atoms with Crippen molar-refractivity contribution in [2.45, 2.75) is 41.0 Å². The smallest absolute Gasteiger partial charge is 0.126 e. The lowest BCUT2D eigenvalue weighted by atomic mass is 10.0. The third kappa shape index (κ3) is 3.17. The molecule has 0 amide bonds. The average molecular weight is 182 g/mol. The summed E-state index contributed by atoms with van der Waals surface area (Å²) in [7, 11) is 0. The van der Waals surface area contributed by atoms with Crippen LogP contribution >= 0.6 is 0 Å². The Kier molecular flexibility index (Phi) is 5.36. The SMILES string of the molecule is CC.CCc1cc(C)c(C)c(F)c1. The molecule has 0 nitrogen and oxygen atoms in total. The van der Waals surface area contributed by atoms with Crippen molar-refractivity contribution in [3.05, 3.63) is 34.6 Å². The van der Waals surface area contributed by atoms with Gasteiger partial charge in [-0.3, -0.25) is 0 Å². The highest BCUT2D eigenvalue weighted by atomic mass is 19.1. The molecule has 0 radical (unpaired) electrons. The maximum absolute atomic E-state index is 13.0. The van der Waals surface area contributed by atoms with Gasteiger partial charge in [-0.15, -0.1) is 0 Å². The molecular formula is C12H19F. The lowest BCUT2D eigenvalue weighted by Crippen LogP contribution is -1.90. The molecular weight excluding hydrogens is 163 g/mol. The van der Waals surface area contributed by atoms with E-state index in [1.54, 1.807) is 6.07 Å². The van der Waals surface area contributed by atoms with Gasteiger partial charge in [0.1, 0.15) is 5.82 Å². The van der Waals surface area contributed by atoms with Crippen LogP contribution < -0.4 is 0 Å². The Balaban J connectivity index is 0.000000671. The number of hydrogen-bond acceptors (Lipinski definition) is 0. The van der Waals surface area contributed by atoms with Crippen molar-refractivity contribution in [2.24, 2.45) is 0 Å². The maximum Gasteiger partial charge on any atom is 0.126 e. The molecule has 0 fully saturated rings. The highest BCUT2D eigenvalue weighted by Gasteiger charge is 2.01. The van der Waals surface area contributed by atoms with E-state index in [4.69, 9.17) is 0 Å². The fourth-order valence-electron chi connectivity index (χ4n) is 1.09. The second kappa shape index (κ2) is 5.74. The molecule has 0 atom stereocenters. The van der Waals surface area contributed by atoms with E-state index in [2.05, 4.69) is 0 Å². The van der Waals surface area contributed by atoms with Crippen LogP contribution in [0.2, 0.25) is 0 Å². The van der Waals surface area contributed by atoms with E-state index in [0.29, 0.717) is 0 Å². The predicted octanol–water partition coefficient (Wildman–Crippen LogP) is 4.03. The first-order chi connectivity index (χ1) is 6.15. The van der Waals surface area contributed by atoms with E-state index < -0.39 is 0 Å². The molecule has 0 aromatic heterocycles. The van der Waals surface area contributed by atoms with Gasteiger partial charge in [-0.1, -0.05) is 26.8 Å². The zero-order valence-corrected chi connectivity index (χ0v) is 9.24. The highest BCUT2D eigenvalue weighted by Crippen LogP contribution is 2.14. The highest BCUT2D eigenvalue weighted by molar-refractivity contribution is 5.31. The maximum atomic E-state index is 13.0. The van der Waals surface area contributed by atoms with Crippen molar-refractivity contribution in [1.82, 2.24) is 0 Å². The molecule has 0 aliphatic carbocycles. The molecule has 0 aliphatic rings. The van der Waals surface area contributed by atoms with E-state index in [1.165, 1.54) is 0 Å². The van der Waals surface area contributed by atoms with Gasteiger partial charge in [0.2, 0.25) is 0 Å². The number of halogens is 1. The second-order valence-electron chi connectivity index (χ2n) is 2.87. The van der Waals surface area contributed by atoms with Gasteiger partial charge in [-0.2, -0.15) is 0 Å². The molecule has 1 aromatic carbocycles. The van der Waals surface area contributed by atoms with E-state index in [0.717, 1.165) is 23.1 Å². The summed E-state index contributed by atoms with van der Waals surface area (Å²) < 4.78 is 13.0. The first-order valence-corrected chi connectivity index (χ1v) is 4.90. The summed E-state index contributed by atoms with van der Waals surface area (Å²) in [6.45, 7) is 9.78. The molecule has 0 bridgehead atoms.